The Morgan fingerprint density at radius 1 is 1.50 bits per heavy atom. The molecular formula is C13H14O3. The highest BCUT2D eigenvalue weighted by Crippen LogP contribution is 2.22. The fourth-order valence-corrected chi connectivity index (χ4v) is 1.41. The van der Waals surface area contributed by atoms with Gasteiger partial charge in [-0.3, -0.25) is 0 Å². The minimum atomic E-state index is -0.966. The molecule has 16 heavy (non-hydrogen) atoms. The van der Waals surface area contributed by atoms with Gasteiger partial charge in [-0.1, -0.05) is 30.8 Å². The summed E-state index contributed by atoms with van der Waals surface area (Å²) < 4.78 is 5.26. The van der Waals surface area contributed by atoms with Crippen molar-refractivity contribution in [2.75, 3.05) is 0 Å². The molecule has 0 aromatic heterocycles. The maximum absolute atomic E-state index is 10.4. The molecule has 0 aliphatic rings. The van der Waals surface area contributed by atoms with Gasteiger partial charge in [0.1, 0.15) is 6.10 Å². The van der Waals surface area contributed by atoms with Gasteiger partial charge >= 0.3 is 5.97 Å². The summed E-state index contributed by atoms with van der Waals surface area (Å²) in [5.74, 6) is -0.966. The predicted molar refractivity (Wildman–Crippen MR) is 62.8 cm³/mol. The van der Waals surface area contributed by atoms with Crippen molar-refractivity contribution in [1.82, 2.24) is 0 Å². The molecule has 0 aliphatic carbocycles. The fourth-order valence-electron chi connectivity index (χ4n) is 1.41. The molecule has 0 aliphatic heterocycles. The third kappa shape index (κ3) is 3.28. The van der Waals surface area contributed by atoms with Crippen molar-refractivity contribution in [3.05, 3.63) is 54.3 Å². The molecule has 1 aromatic rings. The minimum Gasteiger partial charge on any atom is -0.494 e. The molecule has 1 unspecified atom stereocenters. The van der Waals surface area contributed by atoms with Crippen LogP contribution in [0.1, 0.15) is 24.2 Å². The Bertz CT molecular complexity index is 407. The summed E-state index contributed by atoms with van der Waals surface area (Å²) in [6.45, 7) is 5.38. The zero-order chi connectivity index (χ0) is 12.0. The zero-order valence-corrected chi connectivity index (χ0v) is 9.09. The number of carbonyl (C=O) groups is 1. The van der Waals surface area contributed by atoms with E-state index in [1.807, 2.05) is 31.2 Å². The van der Waals surface area contributed by atoms with Crippen molar-refractivity contribution >= 4 is 12.0 Å². The van der Waals surface area contributed by atoms with Gasteiger partial charge in [-0.2, -0.15) is 0 Å². The Morgan fingerprint density at radius 2 is 2.19 bits per heavy atom. The summed E-state index contributed by atoms with van der Waals surface area (Å²) in [6.07, 6.45) is 3.90. The van der Waals surface area contributed by atoms with E-state index in [9.17, 15) is 4.79 Å². The number of hydrogen-bond acceptors (Lipinski definition) is 2. The Hall–Kier alpha value is -2.03. The van der Waals surface area contributed by atoms with E-state index >= 15 is 0 Å². The van der Waals surface area contributed by atoms with E-state index < -0.39 is 5.97 Å². The number of ether oxygens (including phenoxy) is 1. The normalized spacial score (nSPS) is 12.3. The highest BCUT2D eigenvalue weighted by molar-refractivity contribution is 5.85. The van der Waals surface area contributed by atoms with Gasteiger partial charge in [0, 0.05) is 6.08 Å². The first-order valence-electron chi connectivity index (χ1n) is 4.91. The highest BCUT2D eigenvalue weighted by Gasteiger charge is 2.07. The number of benzene rings is 1. The summed E-state index contributed by atoms with van der Waals surface area (Å²) in [4.78, 5) is 10.4. The van der Waals surface area contributed by atoms with Crippen LogP contribution in [0.3, 0.4) is 0 Å². The third-order valence-electron chi connectivity index (χ3n) is 2.14. The molecule has 0 bridgehead atoms. The quantitative estimate of drug-likeness (QED) is 0.610. The molecule has 1 rings (SSSR count). The molecule has 0 spiro atoms. The first kappa shape index (κ1) is 12.0. The van der Waals surface area contributed by atoms with Crippen LogP contribution in [0.2, 0.25) is 0 Å². The second-order valence-corrected chi connectivity index (χ2v) is 3.25. The number of hydrogen-bond donors (Lipinski definition) is 1. The molecule has 1 atom stereocenters. The summed E-state index contributed by atoms with van der Waals surface area (Å²) in [7, 11) is 0. The largest absolute Gasteiger partial charge is 0.494 e. The monoisotopic (exact) mass is 218 g/mol. The molecule has 84 valence electrons. The van der Waals surface area contributed by atoms with E-state index in [1.54, 1.807) is 6.08 Å². The van der Waals surface area contributed by atoms with Crippen LogP contribution in [-0.4, -0.2) is 11.1 Å². The molecule has 1 aromatic carbocycles. The van der Waals surface area contributed by atoms with E-state index in [-0.39, 0.29) is 6.10 Å². The third-order valence-corrected chi connectivity index (χ3v) is 2.14. The van der Waals surface area contributed by atoms with Gasteiger partial charge in [0.15, 0.2) is 0 Å². The molecule has 0 fully saturated rings. The van der Waals surface area contributed by atoms with Crippen molar-refractivity contribution in [3.63, 3.8) is 0 Å². The van der Waals surface area contributed by atoms with E-state index in [1.165, 1.54) is 6.26 Å². The molecule has 0 amide bonds. The summed E-state index contributed by atoms with van der Waals surface area (Å²) in [6, 6.07) is 7.48. The van der Waals surface area contributed by atoms with Crippen LogP contribution < -0.4 is 0 Å². The maximum Gasteiger partial charge on any atom is 0.328 e. The van der Waals surface area contributed by atoms with E-state index in [4.69, 9.17) is 9.84 Å². The smallest absolute Gasteiger partial charge is 0.328 e. The van der Waals surface area contributed by atoms with Crippen LogP contribution in [-0.2, 0) is 9.53 Å². The molecular weight excluding hydrogens is 204 g/mol. The number of carboxylic acids is 1. The van der Waals surface area contributed by atoms with Crippen LogP contribution in [0.15, 0.2) is 43.2 Å². The highest BCUT2D eigenvalue weighted by atomic mass is 16.5. The SMILES string of the molecule is C=COC(C)c1ccccc1/C=C/C(=O)O. The lowest BCUT2D eigenvalue weighted by Crippen LogP contribution is -1.98. The van der Waals surface area contributed by atoms with Crippen LogP contribution in [0, 0.1) is 0 Å². The van der Waals surface area contributed by atoms with Crippen molar-refractivity contribution in [1.29, 1.82) is 0 Å². The van der Waals surface area contributed by atoms with Crippen molar-refractivity contribution in [2.45, 2.75) is 13.0 Å². The lowest BCUT2D eigenvalue weighted by atomic mass is 10.0. The molecule has 3 heteroatoms. The average molecular weight is 218 g/mol. The van der Waals surface area contributed by atoms with Gasteiger partial charge in [0.2, 0.25) is 0 Å². The van der Waals surface area contributed by atoms with Gasteiger partial charge < -0.3 is 9.84 Å². The average Bonchev–Trinajstić information content (AvgIpc) is 2.27. The van der Waals surface area contributed by atoms with Gasteiger partial charge in [-0.05, 0) is 24.1 Å². The lowest BCUT2D eigenvalue weighted by Gasteiger charge is -2.13. The van der Waals surface area contributed by atoms with E-state index in [0.717, 1.165) is 17.2 Å². The van der Waals surface area contributed by atoms with Gasteiger partial charge in [0.25, 0.3) is 0 Å². The minimum absolute atomic E-state index is 0.146. The number of rotatable bonds is 5. The molecule has 0 saturated carbocycles. The summed E-state index contributed by atoms with van der Waals surface area (Å²) in [5, 5.41) is 8.57. The van der Waals surface area contributed by atoms with Crippen LogP contribution >= 0.6 is 0 Å². The summed E-state index contributed by atoms with van der Waals surface area (Å²) >= 11 is 0. The Balaban J connectivity index is 2.99. The van der Waals surface area contributed by atoms with Crippen molar-refractivity contribution < 1.29 is 14.6 Å². The second kappa shape index (κ2) is 5.75. The molecule has 3 nitrogen and oxygen atoms in total. The predicted octanol–water partition coefficient (Wildman–Crippen LogP) is 3.01. The van der Waals surface area contributed by atoms with E-state index in [0.29, 0.717) is 0 Å². The Morgan fingerprint density at radius 3 is 2.81 bits per heavy atom. The number of aliphatic carboxylic acids is 1. The van der Waals surface area contributed by atoms with Crippen LogP contribution in [0.4, 0.5) is 0 Å². The Kier molecular flexibility index (Phi) is 4.33. The lowest BCUT2D eigenvalue weighted by molar-refractivity contribution is -0.131. The molecule has 0 heterocycles. The molecule has 1 N–H and O–H groups in total. The Labute approximate surface area is 94.7 Å². The van der Waals surface area contributed by atoms with Crippen molar-refractivity contribution in [3.8, 4) is 0 Å². The summed E-state index contributed by atoms with van der Waals surface area (Å²) in [5.41, 5.74) is 1.76. The van der Waals surface area contributed by atoms with Gasteiger partial charge in [-0.25, -0.2) is 4.79 Å². The van der Waals surface area contributed by atoms with Crippen molar-refractivity contribution in [2.24, 2.45) is 0 Å². The van der Waals surface area contributed by atoms with Gasteiger partial charge in [0.05, 0.1) is 6.26 Å². The molecule has 0 saturated heterocycles. The first-order valence-corrected chi connectivity index (χ1v) is 4.91. The second-order valence-electron chi connectivity index (χ2n) is 3.25. The standard InChI is InChI=1S/C13H14O3/c1-3-16-10(2)12-7-5-4-6-11(12)8-9-13(14)15/h3-10H,1H2,2H3,(H,14,15)/b9-8+. The topological polar surface area (TPSA) is 46.5 Å². The molecule has 0 radical (unpaired) electrons. The van der Waals surface area contributed by atoms with E-state index in [2.05, 4.69) is 6.58 Å². The zero-order valence-electron chi connectivity index (χ0n) is 9.09. The fraction of sp³-hybridized carbons (Fsp3) is 0.154. The maximum atomic E-state index is 10.4. The first-order chi connectivity index (χ1) is 7.65. The van der Waals surface area contributed by atoms with Crippen LogP contribution in [0.5, 0.6) is 0 Å². The number of carboxylic acid groups (broad SMARTS) is 1. The van der Waals surface area contributed by atoms with Crippen LogP contribution in [0.25, 0.3) is 6.08 Å². The van der Waals surface area contributed by atoms with Gasteiger partial charge in [-0.15, -0.1) is 0 Å².